The Morgan fingerprint density at radius 2 is 1.50 bits per heavy atom. The lowest BCUT2D eigenvalue weighted by molar-refractivity contribution is -0.133. The van der Waals surface area contributed by atoms with Gasteiger partial charge < -0.3 is 33.2 Å². The van der Waals surface area contributed by atoms with E-state index in [1.54, 1.807) is 13.8 Å². The predicted octanol–water partition coefficient (Wildman–Crippen LogP) is -1.09. The van der Waals surface area contributed by atoms with Crippen LogP contribution in [0.5, 0.6) is 0 Å². The lowest BCUT2D eigenvalue weighted by Crippen LogP contribution is -2.58. The van der Waals surface area contributed by atoms with Crippen LogP contribution in [0.15, 0.2) is 30.3 Å². The van der Waals surface area contributed by atoms with Gasteiger partial charge >= 0.3 is 0 Å². The summed E-state index contributed by atoms with van der Waals surface area (Å²) in [5, 5.41) is 7.94. The summed E-state index contributed by atoms with van der Waals surface area (Å²) in [5.41, 5.74) is 17.1. The fourth-order valence-electron chi connectivity index (χ4n) is 3.17. The minimum absolute atomic E-state index is 0.197. The molecule has 10 heteroatoms. The zero-order valence-electron chi connectivity index (χ0n) is 18.8. The van der Waals surface area contributed by atoms with E-state index in [1.165, 1.54) is 0 Å². The van der Waals surface area contributed by atoms with Gasteiger partial charge in [-0.05, 0) is 37.3 Å². The second kappa shape index (κ2) is 14.2. The van der Waals surface area contributed by atoms with Crippen molar-refractivity contribution in [2.45, 2.75) is 57.7 Å². The molecule has 0 aliphatic rings. The minimum atomic E-state index is -0.975. The van der Waals surface area contributed by atoms with E-state index >= 15 is 0 Å². The first kappa shape index (κ1) is 27.1. The Kier molecular flexibility index (Phi) is 12.0. The Labute approximate surface area is 189 Å². The number of rotatable bonds is 14. The molecule has 0 heterocycles. The lowest BCUT2D eigenvalue weighted by atomic mass is 10.0. The molecule has 0 radical (unpaired) electrons. The van der Waals surface area contributed by atoms with Crippen LogP contribution in [0.25, 0.3) is 0 Å². The number of nitrogens with one attached hydrogen (secondary N) is 3. The van der Waals surface area contributed by atoms with Crippen molar-refractivity contribution in [1.29, 1.82) is 0 Å². The molecule has 3 atom stereocenters. The third-order valence-corrected chi connectivity index (χ3v) is 4.97. The van der Waals surface area contributed by atoms with Gasteiger partial charge in [0.15, 0.2) is 0 Å². The molecule has 32 heavy (non-hydrogen) atoms. The lowest BCUT2D eigenvalue weighted by Gasteiger charge is -2.26. The van der Waals surface area contributed by atoms with E-state index in [2.05, 4.69) is 16.0 Å². The molecule has 0 aliphatic heterocycles. The quantitative estimate of drug-likeness (QED) is 0.197. The summed E-state index contributed by atoms with van der Waals surface area (Å²) in [6.07, 6.45) is 1.85. The molecule has 0 bridgehead atoms. The normalized spacial score (nSPS) is 13.7. The minimum Gasteiger partial charge on any atom is -0.368 e. The van der Waals surface area contributed by atoms with Crippen molar-refractivity contribution >= 4 is 23.6 Å². The molecular formula is C22H36N6O4. The molecule has 0 aromatic heterocycles. The second-order valence-electron chi connectivity index (χ2n) is 7.99. The van der Waals surface area contributed by atoms with Gasteiger partial charge in [-0.15, -0.1) is 0 Å². The number of carbonyl (C=O) groups excluding carboxylic acids is 4. The van der Waals surface area contributed by atoms with Gasteiger partial charge in [0.1, 0.15) is 18.1 Å². The number of carbonyl (C=O) groups is 4. The number of amides is 4. The van der Waals surface area contributed by atoms with Gasteiger partial charge in [-0.25, -0.2) is 0 Å². The van der Waals surface area contributed by atoms with Gasteiger partial charge in [-0.1, -0.05) is 44.2 Å². The molecule has 178 valence electrons. The van der Waals surface area contributed by atoms with Gasteiger partial charge in [0, 0.05) is 6.42 Å². The summed E-state index contributed by atoms with van der Waals surface area (Å²) in [6.45, 7) is 3.72. The molecule has 0 saturated heterocycles. The van der Waals surface area contributed by atoms with Crippen LogP contribution in [0.3, 0.4) is 0 Å². The van der Waals surface area contributed by atoms with Crippen LogP contribution in [-0.4, -0.2) is 54.8 Å². The van der Waals surface area contributed by atoms with Gasteiger partial charge in [0.05, 0.1) is 6.54 Å². The van der Waals surface area contributed by atoms with Crippen molar-refractivity contribution in [3.05, 3.63) is 35.9 Å². The van der Waals surface area contributed by atoms with Crippen LogP contribution in [0.4, 0.5) is 0 Å². The van der Waals surface area contributed by atoms with E-state index in [-0.39, 0.29) is 18.9 Å². The molecule has 10 nitrogen and oxygen atoms in total. The van der Waals surface area contributed by atoms with E-state index in [1.807, 2.05) is 30.3 Å². The fourth-order valence-corrected chi connectivity index (χ4v) is 3.17. The van der Waals surface area contributed by atoms with E-state index in [9.17, 15) is 19.2 Å². The van der Waals surface area contributed by atoms with Crippen LogP contribution in [0, 0.1) is 5.92 Å². The number of nitrogens with two attached hydrogens (primary N) is 3. The Balaban J connectivity index is 3.05. The molecule has 0 saturated carbocycles. The predicted molar refractivity (Wildman–Crippen MR) is 122 cm³/mol. The van der Waals surface area contributed by atoms with Gasteiger partial charge in [-0.3, -0.25) is 19.2 Å². The summed E-state index contributed by atoms with van der Waals surface area (Å²) < 4.78 is 0. The highest BCUT2D eigenvalue weighted by Gasteiger charge is 2.30. The second-order valence-corrected chi connectivity index (χ2v) is 7.99. The zero-order chi connectivity index (χ0) is 24.1. The maximum Gasteiger partial charge on any atom is 0.243 e. The molecule has 0 unspecified atom stereocenters. The Morgan fingerprint density at radius 1 is 0.875 bits per heavy atom. The van der Waals surface area contributed by atoms with E-state index in [0.717, 1.165) is 5.56 Å². The SMILES string of the molecule is CC(C)[C@H](NC(=O)[C@H](Cc1ccccc1)NC(=O)[C@H](CCCCN)NC(=O)CN)C(N)=O. The molecular weight excluding hydrogens is 412 g/mol. The topological polar surface area (TPSA) is 182 Å². The first-order valence-electron chi connectivity index (χ1n) is 10.8. The molecule has 9 N–H and O–H groups in total. The van der Waals surface area contributed by atoms with E-state index in [4.69, 9.17) is 17.2 Å². The van der Waals surface area contributed by atoms with Crippen molar-refractivity contribution in [2.24, 2.45) is 23.1 Å². The number of primary amides is 1. The summed E-state index contributed by atoms with van der Waals surface area (Å²) in [6, 6.07) is 6.43. The average molecular weight is 449 g/mol. The number of hydrogen-bond acceptors (Lipinski definition) is 6. The number of benzene rings is 1. The van der Waals surface area contributed by atoms with Crippen LogP contribution in [0.1, 0.15) is 38.7 Å². The monoisotopic (exact) mass is 448 g/mol. The van der Waals surface area contributed by atoms with Crippen LogP contribution in [0.2, 0.25) is 0 Å². The molecule has 1 aromatic rings. The third kappa shape index (κ3) is 9.44. The third-order valence-electron chi connectivity index (χ3n) is 4.97. The van der Waals surface area contributed by atoms with Gasteiger partial charge in [-0.2, -0.15) is 0 Å². The summed E-state index contributed by atoms with van der Waals surface area (Å²) in [7, 11) is 0. The summed E-state index contributed by atoms with van der Waals surface area (Å²) >= 11 is 0. The zero-order valence-corrected chi connectivity index (χ0v) is 18.8. The molecule has 0 spiro atoms. The van der Waals surface area contributed by atoms with Crippen molar-refractivity contribution in [3.63, 3.8) is 0 Å². The first-order chi connectivity index (χ1) is 15.2. The van der Waals surface area contributed by atoms with Crippen molar-refractivity contribution in [3.8, 4) is 0 Å². The highest BCUT2D eigenvalue weighted by molar-refractivity contribution is 5.94. The van der Waals surface area contributed by atoms with Crippen LogP contribution < -0.4 is 33.2 Å². The average Bonchev–Trinajstić information content (AvgIpc) is 2.76. The van der Waals surface area contributed by atoms with Gasteiger partial charge in [0.25, 0.3) is 0 Å². The van der Waals surface area contributed by atoms with Crippen molar-refractivity contribution in [2.75, 3.05) is 13.1 Å². The molecule has 1 aromatic carbocycles. The Bertz CT molecular complexity index is 756. The highest BCUT2D eigenvalue weighted by atomic mass is 16.2. The number of hydrogen-bond donors (Lipinski definition) is 6. The largest absolute Gasteiger partial charge is 0.368 e. The standard InChI is InChI=1S/C22H36N6O4/c1-14(2)19(20(25)30)28-22(32)17(12-15-8-4-3-5-9-15)27-21(31)16(10-6-7-11-23)26-18(29)13-24/h3-5,8-9,14,16-17,19H,6-7,10-13,23-24H2,1-2H3,(H2,25,30)(H,26,29)(H,27,31)(H,28,32)/t16-,17-,19-/m0/s1. The molecule has 0 aliphatic carbocycles. The highest BCUT2D eigenvalue weighted by Crippen LogP contribution is 2.08. The fraction of sp³-hybridized carbons (Fsp3) is 0.545. The Morgan fingerprint density at radius 3 is 2.03 bits per heavy atom. The Hall–Kier alpha value is -2.98. The first-order valence-corrected chi connectivity index (χ1v) is 10.8. The summed E-state index contributed by atoms with van der Waals surface area (Å²) in [5.74, 6) is -2.41. The van der Waals surface area contributed by atoms with Gasteiger partial charge in [0.2, 0.25) is 23.6 Å². The molecule has 4 amide bonds. The van der Waals surface area contributed by atoms with Crippen molar-refractivity contribution < 1.29 is 19.2 Å². The maximum atomic E-state index is 13.0. The van der Waals surface area contributed by atoms with Crippen LogP contribution >= 0.6 is 0 Å². The number of unbranched alkanes of at least 4 members (excludes halogenated alkanes) is 1. The summed E-state index contributed by atoms with van der Waals surface area (Å²) in [4.78, 5) is 49.5. The molecule has 1 rings (SSSR count). The van der Waals surface area contributed by atoms with E-state index in [0.29, 0.717) is 25.8 Å². The van der Waals surface area contributed by atoms with Crippen LogP contribution in [-0.2, 0) is 25.6 Å². The molecule has 0 fully saturated rings. The van der Waals surface area contributed by atoms with Crippen molar-refractivity contribution in [1.82, 2.24) is 16.0 Å². The van der Waals surface area contributed by atoms with E-state index < -0.39 is 41.8 Å². The smallest absolute Gasteiger partial charge is 0.243 e. The maximum absolute atomic E-state index is 13.0.